The second kappa shape index (κ2) is 8.17. The normalized spacial score (nSPS) is 28.6. The first-order chi connectivity index (χ1) is 18.0. The van der Waals surface area contributed by atoms with E-state index in [1.54, 1.807) is 48.5 Å². The summed E-state index contributed by atoms with van der Waals surface area (Å²) in [5.41, 5.74) is 2.63. The van der Waals surface area contributed by atoms with E-state index >= 15 is 0 Å². The molecule has 1 heterocycles. The third kappa shape index (κ3) is 3.58. The van der Waals surface area contributed by atoms with E-state index in [0.29, 0.717) is 34.5 Å². The highest BCUT2D eigenvalue weighted by atomic mass is 16.5. The molecule has 37 heavy (non-hydrogen) atoms. The molecule has 6 nitrogen and oxygen atoms in total. The first-order valence-corrected chi connectivity index (χ1v) is 12.8. The number of allylic oxidation sites excluding steroid dienone is 2. The van der Waals surface area contributed by atoms with Gasteiger partial charge < -0.3 is 10.1 Å². The molecule has 0 unspecified atom stereocenters. The van der Waals surface area contributed by atoms with Gasteiger partial charge in [0.05, 0.1) is 17.5 Å². The molecule has 1 saturated heterocycles. The summed E-state index contributed by atoms with van der Waals surface area (Å²) in [6.45, 7) is 2.02. The Hall–Kier alpha value is -4.19. The van der Waals surface area contributed by atoms with Crippen molar-refractivity contribution in [3.8, 4) is 11.5 Å². The summed E-state index contributed by atoms with van der Waals surface area (Å²) < 4.78 is 5.85. The van der Waals surface area contributed by atoms with Crippen LogP contribution in [0.25, 0.3) is 0 Å². The number of hydrogen-bond acceptors (Lipinski definition) is 4. The SMILES string of the molecule is Cc1ccc(Oc2ccc(NC(=O)c3cccc(N4C(=O)[C@@H]5[C@@H]6C=C[C@H]([C@H]7C[C@H]67)[C@@H]5C4=O)c3)cc2)cc1. The molecule has 1 aliphatic heterocycles. The predicted molar refractivity (Wildman–Crippen MR) is 139 cm³/mol. The third-order valence-corrected chi connectivity index (χ3v) is 8.40. The summed E-state index contributed by atoms with van der Waals surface area (Å²) >= 11 is 0. The quantitative estimate of drug-likeness (QED) is 0.373. The van der Waals surface area contributed by atoms with Crippen molar-refractivity contribution >= 4 is 29.1 Å². The zero-order valence-corrected chi connectivity index (χ0v) is 20.3. The van der Waals surface area contributed by atoms with Gasteiger partial charge in [0.1, 0.15) is 11.5 Å². The van der Waals surface area contributed by atoms with Crippen molar-refractivity contribution in [1.29, 1.82) is 0 Å². The molecule has 2 bridgehead atoms. The Morgan fingerprint density at radius 3 is 2.05 bits per heavy atom. The average molecular weight is 491 g/mol. The molecular formula is C31H26N2O4. The molecule has 0 spiro atoms. The predicted octanol–water partition coefficient (Wildman–Crippen LogP) is 5.60. The number of carbonyl (C=O) groups excluding carboxylic acids is 3. The van der Waals surface area contributed by atoms with Gasteiger partial charge in [0, 0.05) is 11.3 Å². The van der Waals surface area contributed by atoms with E-state index < -0.39 is 0 Å². The Kier molecular flexibility index (Phi) is 4.86. The summed E-state index contributed by atoms with van der Waals surface area (Å²) in [6.07, 6.45) is 5.45. The number of anilines is 2. The molecule has 6 heteroatoms. The number of hydrogen-bond donors (Lipinski definition) is 1. The van der Waals surface area contributed by atoms with Crippen molar-refractivity contribution in [2.24, 2.45) is 35.5 Å². The number of benzene rings is 3. The third-order valence-electron chi connectivity index (χ3n) is 8.40. The lowest BCUT2D eigenvalue weighted by molar-refractivity contribution is -0.124. The molecule has 1 N–H and O–H groups in total. The van der Waals surface area contributed by atoms with Crippen molar-refractivity contribution in [2.75, 3.05) is 10.2 Å². The Labute approximate surface area is 214 Å². The lowest BCUT2D eigenvalue weighted by atomic mass is 9.63. The molecule has 3 amide bonds. The second-order valence-electron chi connectivity index (χ2n) is 10.6. The summed E-state index contributed by atoms with van der Waals surface area (Å²) in [7, 11) is 0. The molecule has 3 aromatic carbocycles. The van der Waals surface area contributed by atoms with E-state index in [-0.39, 0.29) is 41.4 Å². The van der Waals surface area contributed by atoms with E-state index in [1.807, 2.05) is 31.2 Å². The van der Waals surface area contributed by atoms with Crippen LogP contribution in [-0.4, -0.2) is 17.7 Å². The van der Waals surface area contributed by atoms with Gasteiger partial charge in [-0.15, -0.1) is 0 Å². The van der Waals surface area contributed by atoms with Gasteiger partial charge in [0.15, 0.2) is 0 Å². The number of rotatable bonds is 5. The number of aryl methyl sites for hydroxylation is 1. The first kappa shape index (κ1) is 22.0. The van der Waals surface area contributed by atoms with Gasteiger partial charge >= 0.3 is 0 Å². The second-order valence-corrected chi connectivity index (χ2v) is 10.6. The Morgan fingerprint density at radius 2 is 1.43 bits per heavy atom. The van der Waals surface area contributed by atoms with Gasteiger partial charge in [-0.2, -0.15) is 0 Å². The lowest BCUT2D eigenvalue weighted by Crippen LogP contribution is -2.40. The lowest BCUT2D eigenvalue weighted by Gasteiger charge is -2.37. The number of nitrogens with one attached hydrogen (secondary N) is 1. The fourth-order valence-corrected chi connectivity index (χ4v) is 6.55. The minimum atomic E-state index is -0.312. The maximum absolute atomic E-state index is 13.4. The van der Waals surface area contributed by atoms with Gasteiger partial charge in [0.25, 0.3) is 5.91 Å². The molecule has 0 aromatic heterocycles. The summed E-state index contributed by atoms with van der Waals surface area (Å²) in [5.74, 6) is 1.78. The van der Waals surface area contributed by atoms with Crippen LogP contribution in [0.15, 0.2) is 84.9 Å². The molecule has 0 radical (unpaired) electrons. The molecule has 6 atom stereocenters. The Morgan fingerprint density at radius 1 is 0.838 bits per heavy atom. The average Bonchev–Trinajstić information content (AvgIpc) is 3.69. The molecule has 184 valence electrons. The van der Waals surface area contributed by atoms with Gasteiger partial charge in [-0.1, -0.05) is 35.9 Å². The summed E-state index contributed by atoms with van der Waals surface area (Å²) in [6, 6.07) is 21.7. The van der Waals surface area contributed by atoms with Crippen molar-refractivity contribution in [3.05, 3.63) is 96.1 Å². The highest BCUT2D eigenvalue weighted by Crippen LogP contribution is 2.65. The fourth-order valence-electron chi connectivity index (χ4n) is 6.55. The maximum atomic E-state index is 13.4. The molecule has 2 saturated carbocycles. The fraction of sp³-hybridized carbons (Fsp3) is 0.258. The van der Waals surface area contributed by atoms with Crippen LogP contribution < -0.4 is 15.0 Å². The number of ether oxygens (including phenoxy) is 1. The van der Waals surface area contributed by atoms with Crippen LogP contribution in [0, 0.1) is 42.4 Å². The van der Waals surface area contributed by atoms with Gasteiger partial charge in [-0.3, -0.25) is 14.4 Å². The molecule has 3 aromatic rings. The summed E-state index contributed by atoms with van der Waals surface area (Å²) in [4.78, 5) is 41.2. The van der Waals surface area contributed by atoms with Crippen LogP contribution in [0.5, 0.6) is 11.5 Å². The Bertz CT molecular complexity index is 1420. The van der Waals surface area contributed by atoms with Crippen LogP contribution in [0.1, 0.15) is 22.3 Å². The smallest absolute Gasteiger partial charge is 0.255 e. The molecule has 4 aliphatic carbocycles. The zero-order valence-electron chi connectivity index (χ0n) is 20.3. The number of imide groups is 1. The first-order valence-electron chi connectivity index (χ1n) is 12.8. The zero-order chi connectivity index (χ0) is 25.3. The monoisotopic (exact) mass is 490 g/mol. The van der Waals surface area contributed by atoms with Crippen LogP contribution in [0.2, 0.25) is 0 Å². The van der Waals surface area contributed by atoms with E-state index in [0.717, 1.165) is 17.7 Å². The van der Waals surface area contributed by atoms with Crippen LogP contribution >= 0.6 is 0 Å². The topological polar surface area (TPSA) is 75.7 Å². The van der Waals surface area contributed by atoms with Gasteiger partial charge in [-0.25, -0.2) is 4.90 Å². The number of amides is 3. The minimum Gasteiger partial charge on any atom is -0.457 e. The maximum Gasteiger partial charge on any atom is 0.255 e. The molecular weight excluding hydrogens is 464 g/mol. The number of carbonyl (C=O) groups is 3. The van der Waals surface area contributed by atoms with E-state index in [9.17, 15) is 14.4 Å². The largest absolute Gasteiger partial charge is 0.457 e. The van der Waals surface area contributed by atoms with Crippen LogP contribution in [0.3, 0.4) is 0 Å². The van der Waals surface area contributed by atoms with E-state index in [4.69, 9.17) is 4.74 Å². The van der Waals surface area contributed by atoms with E-state index in [1.165, 1.54) is 4.90 Å². The standard InChI is InChI=1S/C31H26N2O4/c1-17-5-9-21(10-6-17)37-22-11-7-19(8-12-22)32-29(34)18-3-2-4-20(15-18)33-30(35)27-23-13-14-24(26-16-25(23)26)28(27)31(33)36/h2-15,23-28H,16H2,1H3,(H,32,34)/t23-,24-,25-,26-,27-,28+/m1/s1. The highest BCUT2D eigenvalue weighted by molar-refractivity contribution is 6.23. The van der Waals surface area contributed by atoms with Crippen molar-refractivity contribution < 1.29 is 19.1 Å². The molecule has 5 aliphatic rings. The minimum absolute atomic E-state index is 0.124. The molecule has 8 rings (SSSR count). The highest BCUT2D eigenvalue weighted by Gasteiger charge is 2.67. The van der Waals surface area contributed by atoms with Gasteiger partial charge in [0.2, 0.25) is 11.8 Å². The summed E-state index contributed by atoms with van der Waals surface area (Å²) in [5, 5.41) is 2.89. The van der Waals surface area contributed by atoms with Crippen LogP contribution in [0.4, 0.5) is 11.4 Å². The van der Waals surface area contributed by atoms with Crippen molar-refractivity contribution in [3.63, 3.8) is 0 Å². The van der Waals surface area contributed by atoms with Crippen molar-refractivity contribution in [2.45, 2.75) is 13.3 Å². The van der Waals surface area contributed by atoms with E-state index in [2.05, 4.69) is 17.5 Å². The number of nitrogens with zero attached hydrogens (tertiary/aromatic N) is 1. The van der Waals surface area contributed by atoms with Crippen LogP contribution in [-0.2, 0) is 9.59 Å². The Balaban J connectivity index is 1.06. The van der Waals surface area contributed by atoms with Crippen molar-refractivity contribution in [1.82, 2.24) is 0 Å². The molecule has 3 fully saturated rings. The van der Waals surface area contributed by atoms with Gasteiger partial charge in [-0.05, 0) is 91.6 Å².